The summed E-state index contributed by atoms with van der Waals surface area (Å²) in [6.45, 7) is 3.23. The zero-order chi connectivity index (χ0) is 43.1. The fraction of sp³-hybridized carbons (Fsp3) is 0.381. The van der Waals surface area contributed by atoms with Crippen LogP contribution >= 0.6 is 21.6 Å². The minimum Gasteiger partial charge on any atom is -0.489 e. The van der Waals surface area contributed by atoms with Gasteiger partial charge >= 0.3 is 0 Å². The van der Waals surface area contributed by atoms with E-state index in [1.165, 1.54) is 21.6 Å². The molecule has 18 heteroatoms. The highest BCUT2D eigenvalue weighted by Crippen LogP contribution is 2.20. The summed E-state index contributed by atoms with van der Waals surface area (Å²) in [5.41, 5.74) is 4.03. The average Bonchev–Trinajstić information content (AvgIpc) is 3.21. The Morgan fingerprint density at radius 3 is 1.23 bits per heavy atom. The van der Waals surface area contributed by atoms with E-state index >= 15 is 0 Å². The standard InChI is InChI=1S/C42H56N6O8S4/c1-59(51,52)47-37(25-33-13-17-39(18-14-33)55-29-35-9-5-3-6-10-35)27-43-21-23-45-41(49)31-57-58-32-42(50)46-24-22-44-28-38(48-60(2,53)54)26-34-15-19-40(20-16-34)56-30-36-11-7-4-8-12-36/h3-20,37-38,43-44,47-48H,21-32H2,1-2H3,(H,45,49)(H,46,50). The van der Waals surface area contributed by atoms with Gasteiger partial charge in [-0.3, -0.25) is 9.59 Å². The van der Waals surface area contributed by atoms with Gasteiger partial charge in [0.2, 0.25) is 31.9 Å². The summed E-state index contributed by atoms with van der Waals surface area (Å²) in [5.74, 6) is 1.43. The lowest BCUT2D eigenvalue weighted by Crippen LogP contribution is -2.44. The molecule has 2 amide bonds. The van der Waals surface area contributed by atoms with Crippen molar-refractivity contribution in [2.75, 3.05) is 63.3 Å². The molecule has 0 aromatic heterocycles. The SMILES string of the molecule is CS(=O)(=O)NC(CNCCNC(=O)CSSCC(=O)NCCNCC(Cc1ccc(OCc2ccccc2)cc1)NS(C)(=O)=O)Cc1ccc(OCc2ccccc2)cc1. The topological polar surface area (TPSA) is 193 Å². The molecule has 14 nitrogen and oxygen atoms in total. The monoisotopic (exact) mass is 900 g/mol. The number of amides is 2. The van der Waals surface area contributed by atoms with Crippen LogP contribution in [0, 0.1) is 0 Å². The van der Waals surface area contributed by atoms with Gasteiger partial charge in [0.15, 0.2) is 0 Å². The molecule has 0 saturated heterocycles. The van der Waals surface area contributed by atoms with Crippen molar-refractivity contribution in [2.45, 2.75) is 38.1 Å². The summed E-state index contributed by atoms with van der Waals surface area (Å²) in [7, 11) is -4.34. The van der Waals surface area contributed by atoms with E-state index in [0.717, 1.165) is 46.3 Å². The molecule has 4 aromatic rings. The Balaban J connectivity index is 1.04. The third-order valence-corrected chi connectivity index (χ3v) is 12.2. The van der Waals surface area contributed by atoms with Crippen molar-refractivity contribution >= 4 is 53.4 Å². The largest absolute Gasteiger partial charge is 0.489 e. The number of ether oxygens (including phenoxy) is 2. The minimum absolute atomic E-state index is 0.168. The molecule has 0 bridgehead atoms. The number of rotatable bonds is 29. The van der Waals surface area contributed by atoms with Crippen LogP contribution in [-0.2, 0) is 55.7 Å². The van der Waals surface area contributed by atoms with Crippen LogP contribution in [0.2, 0.25) is 0 Å². The van der Waals surface area contributed by atoms with E-state index in [-0.39, 0.29) is 23.3 Å². The fourth-order valence-corrected chi connectivity index (χ4v) is 9.11. The first-order valence-corrected chi connectivity index (χ1v) is 25.7. The van der Waals surface area contributed by atoms with E-state index in [1.54, 1.807) is 0 Å². The molecule has 0 spiro atoms. The van der Waals surface area contributed by atoms with Gasteiger partial charge in [-0.2, -0.15) is 0 Å². The maximum absolute atomic E-state index is 12.3. The number of hydrogen-bond donors (Lipinski definition) is 6. The Hall–Kier alpha value is -4.14. The molecule has 2 unspecified atom stereocenters. The van der Waals surface area contributed by atoms with E-state index in [2.05, 4.69) is 30.7 Å². The lowest BCUT2D eigenvalue weighted by atomic mass is 10.1. The van der Waals surface area contributed by atoms with Crippen LogP contribution in [0.1, 0.15) is 22.3 Å². The number of carbonyl (C=O) groups is 2. The summed E-state index contributed by atoms with van der Waals surface area (Å²) < 4.78 is 65.1. The van der Waals surface area contributed by atoms with Gasteiger partial charge in [0.05, 0.1) is 24.0 Å². The molecule has 326 valence electrons. The zero-order valence-corrected chi connectivity index (χ0v) is 37.2. The van der Waals surface area contributed by atoms with Crippen LogP contribution in [0.25, 0.3) is 0 Å². The molecular formula is C42H56N6O8S4. The van der Waals surface area contributed by atoms with Gasteiger partial charge in [-0.15, -0.1) is 0 Å². The first kappa shape index (κ1) is 48.5. The van der Waals surface area contributed by atoms with Crippen molar-refractivity contribution in [1.29, 1.82) is 0 Å². The summed E-state index contributed by atoms with van der Waals surface area (Å²) in [6.07, 6.45) is 3.19. The molecule has 0 aliphatic rings. The van der Waals surface area contributed by atoms with Crippen molar-refractivity contribution in [3.05, 3.63) is 131 Å². The predicted octanol–water partition coefficient (Wildman–Crippen LogP) is 3.26. The summed E-state index contributed by atoms with van der Waals surface area (Å²) in [4.78, 5) is 24.7. The first-order valence-electron chi connectivity index (χ1n) is 19.4. The maximum Gasteiger partial charge on any atom is 0.230 e. The lowest BCUT2D eigenvalue weighted by molar-refractivity contribution is -0.119. The number of benzene rings is 4. The number of hydrogen-bond acceptors (Lipinski definition) is 12. The first-order chi connectivity index (χ1) is 28.8. The Labute approximate surface area is 362 Å². The van der Waals surface area contributed by atoms with Crippen LogP contribution in [0.4, 0.5) is 0 Å². The van der Waals surface area contributed by atoms with Crippen LogP contribution in [-0.4, -0.2) is 104 Å². The Kier molecular flexibility index (Phi) is 21.2. The highest BCUT2D eigenvalue weighted by molar-refractivity contribution is 8.77. The van der Waals surface area contributed by atoms with Gasteiger partial charge in [-0.05, 0) is 59.4 Å². The summed E-state index contributed by atoms with van der Waals surface area (Å²) in [5, 5.41) is 12.1. The second-order valence-corrected chi connectivity index (χ2v) is 20.1. The van der Waals surface area contributed by atoms with E-state index in [1.807, 2.05) is 109 Å². The number of nitrogens with one attached hydrogen (secondary N) is 6. The highest BCUT2D eigenvalue weighted by Gasteiger charge is 2.16. The van der Waals surface area contributed by atoms with Gasteiger partial charge in [0, 0.05) is 51.4 Å². The summed E-state index contributed by atoms with van der Waals surface area (Å²) in [6, 6.07) is 34.1. The number of sulfonamides is 2. The van der Waals surface area contributed by atoms with Crippen LogP contribution in [0.5, 0.6) is 11.5 Å². The zero-order valence-electron chi connectivity index (χ0n) is 33.9. The van der Waals surface area contributed by atoms with Crippen LogP contribution < -0.4 is 40.2 Å². The van der Waals surface area contributed by atoms with Crippen molar-refractivity contribution in [3.8, 4) is 11.5 Å². The molecule has 2 atom stereocenters. The van der Waals surface area contributed by atoms with E-state index in [9.17, 15) is 26.4 Å². The van der Waals surface area contributed by atoms with Gasteiger partial charge in [-0.1, -0.05) is 107 Å². The minimum atomic E-state index is -3.45. The van der Waals surface area contributed by atoms with Crippen LogP contribution in [0.3, 0.4) is 0 Å². The van der Waals surface area contributed by atoms with Crippen LogP contribution in [0.15, 0.2) is 109 Å². The second kappa shape index (κ2) is 26.3. The second-order valence-electron chi connectivity index (χ2n) is 14.1. The normalized spacial score (nSPS) is 12.6. The molecule has 6 N–H and O–H groups in total. The molecule has 4 rings (SSSR count). The summed E-state index contributed by atoms with van der Waals surface area (Å²) >= 11 is 0. The predicted molar refractivity (Wildman–Crippen MR) is 242 cm³/mol. The van der Waals surface area contributed by atoms with Gasteiger partial charge in [-0.25, -0.2) is 26.3 Å². The van der Waals surface area contributed by atoms with Crippen molar-refractivity contribution in [2.24, 2.45) is 0 Å². The number of carbonyl (C=O) groups excluding carboxylic acids is 2. The van der Waals surface area contributed by atoms with Gasteiger partial charge < -0.3 is 30.7 Å². The quantitative estimate of drug-likeness (QED) is 0.0345. The molecule has 0 radical (unpaired) electrons. The Morgan fingerprint density at radius 1 is 0.517 bits per heavy atom. The third kappa shape index (κ3) is 21.9. The van der Waals surface area contributed by atoms with Gasteiger partial charge in [0.1, 0.15) is 24.7 Å². The van der Waals surface area contributed by atoms with E-state index < -0.39 is 32.1 Å². The molecule has 0 heterocycles. The van der Waals surface area contributed by atoms with Crippen molar-refractivity contribution < 1.29 is 35.9 Å². The Morgan fingerprint density at radius 2 is 0.883 bits per heavy atom. The molecular weight excluding hydrogens is 845 g/mol. The highest BCUT2D eigenvalue weighted by atomic mass is 33.1. The smallest absolute Gasteiger partial charge is 0.230 e. The third-order valence-electron chi connectivity index (χ3n) is 8.56. The van der Waals surface area contributed by atoms with Crippen molar-refractivity contribution in [3.63, 3.8) is 0 Å². The maximum atomic E-state index is 12.3. The molecule has 0 aliphatic carbocycles. The van der Waals surface area contributed by atoms with Gasteiger partial charge in [0.25, 0.3) is 0 Å². The molecule has 0 aliphatic heterocycles. The molecule has 60 heavy (non-hydrogen) atoms. The molecule has 4 aromatic carbocycles. The average molecular weight is 901 g/mol. The lowest BCUT2D eigenvalue weighted by Gasteiger charge is -2.19. The fourth-order valence-electron chi connectivity index (χ4n) is 5.84. The van der Waals surface area contributed by atoms with Crippen molar-refractivity contribution in [1.82, 2.24) is 30.7 Å². The van der Waals surface area contributed by atoms with E-state index in [0.29, 0.717) is 65.3 Å². The molecule has 0 fully saturated rings. The molecule has 0 saturated carbocycles. The Bertz CT molecular complexity index is 1930. The van der Waals surface area contributed by atoms with E-state index in [4.69, 9.17) is 9.47 Å².